The van der Waals surface area contributed by atoms with E-state index < -0.39 is 0 Å². The number of aromatic nitrogens is 2. The smallest absolute Gasteiger partial charge is 0.272 e. The molecule has 24 heavy (non-hydrogen) atoms. The third-order valence-corrected chi connectivity index (χ3v) is 5.75. The highest BCUT2D eigenvalue weighted by Gasteiger charge is 2.27. The number of likely N-dealkylation sites (tertiary alicyclic amines) is 1. The van der Waals surface area contributed by atoms with Crippen molar-refractivity contribution in [1.82, 2.24) is 14.9 Å². The summed E-state index contributed by atoms with van der Waals surface area (Å²) < 4.78 is 1.25. The van der Waals surface area contributed by atoms with Crippen molar-refractivity contribution in [3.05, 3.63) is 58.9 Å². The van der Waals surface area contributed by atoms with Crippen molar-refractivity contribution in [2.24, 2.45) is 0 Å². The summed E-state index contributed by atoms with van der Waals surface area (Å²) in [6, 6.07) is 13.9. The molecule has 0 N–H and O–H groups in total. The van der Waals surface area contributed by atoms with Crippen LogP contribution in [0.4, 0.5) is 0 Å². The molecular weight excluding hydrogens is 318 g/mol. The molecule has 4 rings (SSSR count). The van der Waals surface area contributed by atoms with Crippen molar-refractivity contribution in [3.63, 3.8) is 0 Å². The third-order valence-electron chi connectivity index (χ3n) is 4.55. The number of fused-ring (bicyclic) bond motifs is 1. The van der Waals surface area contributed by atoms with Gasteiger partial charge in [-0.1, -0.05) is 18.2 Å². The zero-order chi connectivity index (χ0) is 16.5. The van der Waals surface area contributed by atoms with Gasteiger partial charge in [0.25, 0.3) is 5.91 Å². The van der Waals surface area contributed by atoms with Gasteiger partial charge in [-0.25, -0.2) is 9.97 Å². The monoisotopic (exact) mass is 337 g/mol. The van der Waals surface area contributed by atoms with Crippen molar-refractivity contribution in [2.45, 2.75) is 25.7 Å². The number of thiazole rings is 1. The van der Waals surface area contributed by atoms with Gasteiger partial charge in [0.1, 0.15) is 5.69 Å². The van der Waals surface area contributed by atoms with Gasteiger partial charge in [0.2, 0.25) is 0 Å². The van der Waals surface area contributed by atoms with E-state index in [2.05, 4.69) is 23.2 Å². The number of hydrogen-bond acceptors (Lipinski definition) is 4. The Balaban J connectivity index is 1.45. The highest BCUT2D eigenvalue weighted by molar-refractivity contribution is 7.18. The predicted octanol–water partition coefficient (Wildman–Crippen LogP) is 4.02. The Morgan fingerprint density at radius 2 is 1.88 bits per heavy atom. The van der Waals surface area contributed by atoms with Crippen molar-refractivity contribution in [3.8, 4) is 0 Å². The second kappa shape index (κ2) is 6.32. The summed E-state index contributed by atoms with van der Waals surface area (Å²) in [6.45, 7) is 3.46. The summed E-state index contributed by atoms with van der Waals surface area (Å²) in [6.07, 6.45) is 1.94. The maximum Gasteiger partial charge on any atom is 0.272 e. The van der Waals surface area contributed by atoms with E-state index in [0.29, 0.717) is 11.6 Å². The summed E-state index contributed by atoms with van der Waals surface area (Å²) in [5.74, 6) is 0.498. The van der Waals surface area contributed by atoms with Crippen LogP contribution in [0, 0.1) is 6.92 Å². The Morgan fingerprint density at radius 3 is 2.62 bits per heavy atom. The van der Waals surface area contributed by atoms with Gasteiger partial charge in [-0.2, -0.15) is 0 Å². The number of piperidine rings is 1. The fraction of sp³-hybridized carbons (Fsp3) is 0.316. The van der Waals surface area contributed by atoms with Crippen molar-refractivity contribution in [2.75, 3.05) is 13.1 Å². The molecule has 122 valence electrons. The molecule has 0 radical (unpaired) electrons. The van der Waals surface area contributed by atoms with Gasteiger partial charge in [-0.05, 0) is 44.0 Å². The SMILES string of the molecule is Cc1cccc(C(=O)N2CCC(c3nc4ccccc4s3)CC2)n1. The number of rotatable bonds is 2. The number of para-hydroxylation sites is 1. The Hall–Kier alpha value is -2.27. The number of hydrogen-bond donors (Lipinski definition) is 0. The zero-order valence-corrected chi connectivity index (χ0v) is 14.4. The van der Waals surface area contributed by atoms with E-state index in [-0.39, 0.29) is 5.91 Å². The summed E-state index contributed by atoms with van der Waals surface area (Å²) >= 11 is 1.78. The van der Waals surface area contributed by atoms with E-state index >= 15 is 0 Å². The van der Waals surface area contributed by atoms with Gasteiger partial charge in [-0.15, -0.1) is 11.3 Å². The first-order chi connectivity index (χ1) is 11.7. The molecular formula is C19H19N3OS. The highest BCUT2D eigenvalue weighted by Crippen LogP contribution is 2.34. The molecule has 2 aromatic heterocycles. The Labute approximate surface area is 145 Å². The first-order valence-corrected chi connectivity index (χ1v) is 9.11. The minimum Gasteiger partial charge on any atom is -0.337 e. The maximum absolute atomic E-state index is 12.6. The molecule has 0 atom stereocenters. The van der Waals surface area contributed by atoms with Crippen molar-refractivity contribution >= 4 is 27.5 Å². The van der Waals surface area contributed by atoms with E-state index in [1.807, 2.05) is 30.0 Å². The van der Waals surface area contributed by atoms with Crippen LogP contribution in [0.25, 0.3) is 10.2 Å². The van der Waals surface area contributed by atoms with Gasteiger partial charge >= 0.3 is 0 Å². The van der Waals surface area contributed by atoms with Crippen LogP contribution in [0.5, 0.6) is 0 Å². The number of benzene rings is 1. The topological polar surface area (TPSA) is 46.1 Å². The minimum absolute atomic E-state index is 0.0430. The van der Waals surface area contributed by atoms with E-state index in [1.165, 1.54) is 9.71 Å². The van der Waals surface area contributed by atoms with Crippen LogP contribution in [-0.4, -0.2) is 33.9 Å². The van der Waals surface area contributed by atoms with Gasteiger partial charge in [0.15, 0.2) is 0 Å². The number of aryl methyl sites for hydroxylation is 1. The number of nitrogens with zero attached hydrogens (tertiary/aromatic N) is 3. The van der Waals surface area contributed by atoms with Crippen LogP contribution in [-0.2, 0) is 0 Å². The molecule has 1 fully saturated rings. The predicted molar refractivity (Wildman–Crippen MR) is 96.5 cm³/mol. The van der Waals surface area contributed by atoms with Gasteiger partial charge in [0.05, 0.1) is 15.2 Å². The van der Waals surface area contributed by atoms with Crippen LogP contribution < -0.4 is 0 Å². The Morgan fingerprint density at radius 1 is 1.08 bits per heavy atom. The van der Waals surface area contributed by atoms with Crippen LogP contribution >= 0.6 is 11.3 Å². The second-order valence-electron chi connectivity index (χ2n) is 6.25. The van der Waals surface area contributed by atoms with Crippen molar-refractivity contribution < 1.29 is 4.79 Å². The molecule has 5 heteroatoms. The lowest BCUT2D eigenvalue weighted by molar-refractivity contribution is 0.0707. The number of carbonyl (C=O) groups excluding carboxylic acids is 1. The van der Waals surface area contributed by atoms with E-state index in [1.54, 1.807) is 17.4 Å². The number of amides is 1. The molecule has 1 aromatic carbocycles. The molecule has 0 aliphatic carbocycles. The average molecular weight is 337 g/mol. The first kappa shape index (κ1) is 15.3. The minimum atomic E-state index is 0.0430. The fourth-order valence-corrected chi connectivity index (χ4v) is 4.35. The molecule has 0 spiro atoms. The molecule has 1 amide bonds. The number of pyridine rings is 1. The molecule has 4 nitrogen and oxygen atoms in total. The average Bonchev–Trinajstić information content (AvgIpc) is 3.05. The molecule has 1 aliphatic rings. The third kappa shape index (κ3) is 2.91. The summed E-state index contributed by atoms with van der Waals surface area (Å²) in [5, 5.41) is 1.21. The van der Waals surface area contributed by atoms with Crippen LogP contribution in [0.3, 0.4) is 0 Å². The Bertz CT molecular complexity index is 848. The molecule has 1 saturated heterocycles. The van der Waals surface area contributed by atoms with E-state index in [4.69, 9.17) is 4.98 Å². The fourth-order valence-electron chi connectivity index (χ4n) is 3.22. The lowest BCUT2D eigenvalue weighted by Crippen LogP contribution is -2.38. The molecule has 1 aliphatic heterocycles. The quantitative estimate of drug-likeness (QED) is 0.709. The largest absolute Gasteiger partial charge is 0.337 e. The van der Waals surface area contributed by atoms with Gasteiger partial charge in [-0.3, -0.25) is 4.79 Å². The van der Waals surface area contributed by atoms with Crippen LogP contribution in [0.1, 0.15) is 39.9 Å². The van der Waals surface area contributed by atoms with Gasteiger partial charge < -0.3 is 4.90 Å². The first-order valence-electron chi connectivity index (χ1n) is 8.29. The normalized spacial score (nSPS) is 15.8. The van der Waals surface area contributed by atoms with E-state index in [0.717, 1.165) is 37.1 Å². The number of carbonyl (C=O) groups is 1. The lowest BCUT2D eigenvalue weighted by Gasteiger charge is -2.30. The molecule has 0 saturated carbocycles. The summed E-state index contributed by atoms with van der Waals surface area (Å²) in [4.78, 5) is 23.6. The van der Waals surface area contributed by atoms with E-state index in [9.17, 15) is 4.79 Å². The molecule has 0 bridgehead atoms. The highest BCUT2D eigenvalue weighted by atomic mass is 32.1. The molecule has 3 aromatic rings. The molecule has 3 heterocycles. The van der Waals surface area contributed by atoms with Gasteiger partial charge in [0, 0.05) is 24.7 Å². The summed E-state index contributed by atoms with van der Waals surface area (Å²) in [5.41, 5.74) is 2.51. The van der Waals surface area contributed by atoms with Crippen molar-refractivity contribution in [1.29, 1.82) is 0 Å². The van der Waals surface area contributed by atoms with Crippen LogP contribution in [0.2, 0.25) is 0 Å². The molecule has 0 unspecified atom stereocenters. The Kier molecular flexibility index (Phi) is 4.02. The van der Waals surface area contributed by atoms with Crippen LogP contribution in [0.15, 0.2) is 42.5 Å². The summed E-state index contributed by atoms with van der Waals surface area (Å²) in [7, 11) is 0. The second-order valence-corrected chi connectivity index (χ2v) is 7.31. The standard InChI is InChI=1S/C19H19N3OS/c1-13-5-4-7-16(20-13)19(23)22-11-9-14(10-12-22)18-21-15-6-2-3-8-17(15)24-18/h2-8,14H,9-12H2,1H3. The maximum atomic E-state index is 12.6. The lowest BCUT2D eigenvalue weighted by atomic mass is 9.97. The zero-order valence-electron chi connectivity index (χ0n) is 13.6.